The molecule has 2 aromatic rings. The topological polar surface area (TPSA) is 12.9 Å². The second-order valence-corrected chi connectivity index (χ2v) is 4.71. The van der Waals surface area contributed by atoms with Crippen molar-refractivity contribution >= 4 is 34.1 Å². The van der Waals surface area contributed by atoms with Crippen molar-refractivity contribution in [1.82, 2.24) is 4.98 Å². The lowest BCUT2D eigenvalue weighted by atomic mass is 10.0. The molecule has 0 fully saturated rings. The van der Waals surface area contributed by atoms with Crippen molar-refractivity contribution < 1.29 is 4.39 Å². The van der Waals surface area contributed by atoms with Crippen LogP contribution >= 0.6 is 23.2 Å². The minimum Gasteiger partial charge on any atom is -0.233 e. The Bertz CT molecular complexity index is 552. The molecule has 1 nitrogen and oxygen atoms in total. The molecule has 84 valence electrons. The molecule has 16 heavy (non-hydrogen) atoms. The first-order valence-electron chi connectivity index (χ1n) is 4.95. The van der Waals surface area contributed by atoms with Gasteiger partial charge in [-0.25, -0.2) is 9.37 Å². The van der Waals surface area contributed by atoms with Crippen LogP contribution in [-0.2, 0) is 0 Å². The first-order chi connectivity index (χ1) is 7.50. The van der Waals surface area contributed by atoms with Crippen LogP contribution in [0.2, 0.25) is 10.2 Å². The molecule has 1 aromatic heterocycles. The van der Waals surface area contributed by atoms with Gasteiger partial charge in [-0.2, -0.15) is 0 Å². The Kier molecular flexibility index (Phi) is 3.04. The van der Waals surface area contributed by atoms with E-state index in [1.807, 2.05) is 13.8 Å². The van der Waals surface area contributed by atoms with Crippen molar-refractivity contribution in [3.63, 3.8) is 0 Å². The van der Waals surface area contributed by atoms with Gasteiger partial charge in [-0.05, 0) is 29.7 Å². The Morgan fingerprint density at radius 2 is 1.94 bits per heavy atom. The molecule has 0 aliphatic heterocycles. The molecule has 0 spiro atoms. The molecule has 0 atom stereocenters. The number of rotatable bonds is 1. The highest BCUT2D eigenvalue weighted by Crippen LogP contribution is 2.31. The Hall–Kier alpha value is -0.860. The van der Waals surface area contributed by atoms with Crippen LogP contribution in [-0.4, -0.2) is 4.98 Å². The van der Waals surface area contributed by atoms with Gasteiger partial charge < -0.3 is 0 Å². The average molecular weight is 258 g/mol. The standard InChI is InChI=1S/C12H10Cl2FN/c1-6(2)7-5-8-9(13)3-4-10(15)11(8)16-12(7)14/h3-6H,1-2H3. The third-order valence-corrected chi connectivity index (χ3v) is 3.12. The van der Waals surface area contributed by atoms with E-state index in [9.17, 15) is 4.39 Å². The summed E-state index contributed by atoms with van der Waals surface area (Å²) >= 11 is 12.0. The molecule has 1 aromatic carbocycles. The minimum atomic E-state index is -0.406. The van der Waals surface area contributed by atoms with Crippen molar-refractivity contribution in [2.45, 2.75) is 19.8 Å². The van der Waals surface area contributed by atoms with Gasteiger partial charge in [0.2, 0.25) is 0 Å². The van der Waals surface area contributed by atoms with Gasteiger partial charge in [-0.15, -0.1) is 0 Å². The first kappa shape index (κ1) is 11.6. The fraction of sp³-hybridized carbons (Fsp3) is 0.250. The summed E-state index contributed by atoms with van der Waals surface area (Å²) in [4.78, 5) is 4.06. The molecule has 4 heteroatoms. The summed E-state index contributed by atoms with van der Waals surface area (Å²) in [6.07, 6.45) is 0. The zero-order valence-electron chi connectivity index (χ0n) is 8.89. The molecule has 0 radical (unpaired) electrons. The monoisotopic (exact) mass is 257 g/mol. The van der Waals surface area contributed by atoms with Crippen LogP contribution in [0.15, 0.2) is 18.2 Å². The molecule has 0 aliphatic rings. The van der Waals surface area contributed by atoms with E-state index in [1.54, 1.807) is 6.07 Å². The van der Waals surface area contributed by atoms with Gasteiger partial charge in [0.15, 0.2) is 0 Å². The Labute approximate surface area is 103 Å². The molecular weight excluding hydrogens is 248 g/mol. The number of halogens is 3. The molecule has 1 heterocycles. The summed E-state index contributed by atoms with van der Waals surface area (Å²) in [5.74, 6) is -0.180. The minimum absolute atomic E-state index is 0.224. The van der Waals surface area contributed by atoms with Crippen molar-refractivity contribution in [3.8, 4) is 0 Å². The number of nitrogens with zero attached hydrogens (tertiary/aromatic N) is 1. The molecule has 0 saturated heterocycles. The normalized spacial score (nSPS) is 11.4. The molecular formula is C12H10Cl2FN. The van der Waals surface area contributed by atoms with Crippen LogP contribution < -0.4 is 0 Å². The summed E-state index contributed by atoms with van der Waals surface area (Å²) in [5.41, 5.74) is 1.10. The lowest BCUT2D eigenvalue weighted by Crippen LogP contribution is -1.94. The van der Waals surface area contributed by atoms with Gasteiger partial charge in [-0.3, -0.25) is 0 Å². The first-order valence-corrected chi connectivity index (χ1v) is 5.70. The van der Waals surface area contributed by atoms with E-state index in [2.05, 4.69) is 4.98 Å². The smallest absolute Gasteiger partial charge is 0.149 e. The number of hydrogen-bond donors (Lipinski definition) is 0. The van der Waals surface area contributed by atoms with Crippen LogP contribution in [0.5, 0.6) is 0 Å². The number of benzene rings is 1. The van der Waals surface area contributed by atoms with Crippen LogP contribution in [0, 0.1) is 5.82 Å². The van der Waals surface area contributed by atoms with E-state index in [0.717, 1.165) is 5.56 Å². The van der Waals surface area contributed by atoms with Gasteiger partial charge in [0, 0.05) is 5.39 Å². The average Bonchev–Trinajstić information content (AvgIpc) is 2.23. The molecule has 0 aliphatic carbocycles. The van der Waals surface area contributed by atoms with Gasteiger partial charge in [0.05, 0.1) is 5.02 Å². The highest BCUT2D eigenvalue weighted by atomic mass is 35.5. The Balaban J connectivity index is 2.84. The van der Waals surface area contributed by atoms with Gasteiger partial charge in [-0.1, -0.05) is 37.0 Å². The third-order valence-electron chi connectivity index (χ3n) is 2.48. The van der Waals surface area contributed by atoms with Crippen LogP contribution in [0.3, 0.4) is 0 Å². The molecule has 0 unspecified atom stereocenters. The zero-order chi connectivity index (χ0) is 11.9. The lowest BCUT2D eigenvalue weighted by molar-refractivity contribution is 0.636. The number of hydrogen-bond acceptors (Lipinski definition) is 1. The fourth-order valence-corrected chi connectivity index (χ4v) is 2.15. The van der Waals surface area contributed by atoms with Gasteiger partial charge in [0.25, 0.3) is 0 Å². The number of aromatic nitrogens is 1. The number of fused-ring (bicyclic) bond motifs is 1. The summed E-state index contributed by atoms with van der Waals surface area (Å²) in [7, 11) is 0. The largest absolute Gasteiger partial charge is 0.233 e. The maximum absolute atomic E-state index is 13.5. The number of pyridine rings is 1. The fourth-order valence-electron chi connectivity index (χ4n) is 1.59. The second kappa shape index (κ2) is 4.19. The van der Waals surface area contributed by atoms with E-state index in [-0.39, 0.29) is 11.4 Å². The summed E-state index contributed by atoms with van der Waals surface area (Å²) in [6, 6.07) is 4.63. The second-order valence-electron chi connectivity index (χ2n) is 3.95. The summed E-state index contributed by atoms with van der Waals surface area (Å²) in [6.45, 7) is 4.00. The van der Waals surface area contributed by atoms with E-state index < -0.39 is 5.82 Å². The molecule has 0 saturated carbocycles. The highest BCUT2D eigenvalue weighted by molar-refractivity contribution is 6.36. The van der Waals surface area contributed by atoms with Crippen LogP contribution in [0.4, 0.5) is 4.39 Å². The zero-order valence-corrected chi connectivity index (χ0v) is 10.4. The third kappa shape index (κ3) is 1.87. The van der Waals surface area contributed by atoms with Crippen molar-refractivity contribution in [3.05, 3.63) is 39.8 Å². The van der Waals surface area contributed by atoms with Crippen LogP contribution in [0.25, 0.3) is 10.9 Å². The highest BCUT2D eigenvalue weighted by Gasteiger charge is 2.12. The van der Waals surface area contributed by atoms with Gasteiger partial charge in [0.1, 0.15) is 16.5 Å². The predicted molar refractivity (Wildman–Crippen MR) is 65.8 cm³/mol. The van der Waals surface area contributed by atoms with E-state index >= 15 is 0 Å². The molecule has 0 bridgehead atoms. The Morgan fingerprint density at radius 1 is 1.25 bits per heavy atom. The molecule has 2 rings (SSSR count). The van der Waals surface area contributed by atoms with Crippen molar-refractivity contribution in [1.29, 1.82) is 0 Å². The summed E-state index contributed by atoms with van der Waals surface area (Å²) < 4.78 is 13.5. The quantitative estimate of drug-likeness (QED) is 0.669. The molecule has 0 N–H and O–H groups in total. The van der Waals surface area contributed by atoms with Gasteiger partial charge >= 0.3 is 0 Å². The van der Waals surface area contributed by atoms with E-state index in [0.29, 0.717) is 15.6 Å². The van der Waals surface area contributed by atoms with Crippen LogP contribution in [0.1, 0.15) is 25.3 Å². The van der Waals surface area contributed by atoms with Crippen molar-refractivity contribution in [2.24, 2.45) is 0 Å². The molecule has 0 amide bonds. The predicted octanol–water partition coefficient (Wildman–Crippen LogP) is 4.80. The Morgan fingerprint density at radius 3 is 2.56 bits per heavy atom. The van der Waals surface area contributed by atoms with E-state index in [1.165, 1.54) is 12.1 Å². The van der Waals surface area contributed by atoms with Crippen molar-refractivity contribution in [2.75, 3.05) is 0 Å². The van der Waals surface area contributed by atoms with E-state index in [4.69, 9.17) is 23.2 Å². The summed E-state index contributed by atoms with van der Waals surface area (Å²) in [5, 5.41) is 1.43. The SMILES string of the molecule is CC(C)c1cc2c(Cl)ccc(F)c2nc1Cl. The maximum atomic E-state index is 13.5. The maximum Gasteiger partial charge on any atom is 0.149 e. The lowest BCUT2D eigenvalue weighted by Gasteiger charge is -2.10.